The first-order valence-corrected chi connectivity index (χ1v) is 11.1. The Bertz CT molecular complexity index is 938. The molecule has 5 heteroatoms. The maximum absolute atomic E-state index is 13.0. The number of amides is 1. The maximum atomic E-state index is 13.0. The Morgan fingerprint density at radius 3 is 2.61 bits per heavy atom. The first-order valence-electron chi connectivity index (χ1n) is 11.1. The molecule has 0 spiro atoms. The second-order valence-electron chi connectivity index (χ2n) is 8.42. The first-order chi connectivity index (χ1) is 15.0. The number of nitrogens with one attached hydrogen (secondary N) is 1. The van der Waals surface area contributed by atoms with Crippen LogP contribution in [0.25, 0.3) is 5.57 Å². The highest BCUT2D eigenvalue weighted by Crippen LogP contribution is 2.32. The van der Waals surface area contributed by atoms with Gasteiger partial charge in [0.05, 0.1) is 0 Å². The SMILES string of the molecule is CCCC(C(C)CN1CCc2cc(/C(C=N)=C/N)ccc21)N(C)C(=O)c1ccccc1. The fourth-order valence-corrected chi connectivity index (χ4v) is 4.63. The van der Waals surface area contributed by atoms with Crippen LogP contribution in [0.3, 0.4) is 0 Å². The van der Waals surface area contributed by atoms with Crippen LogP contribution in [0.1, 0.15) is 48.2 Å². The topological polar surface area (TPSA) is 73.4 Å². The van der Waals surface area contributed by atoms with Crippen molar-refractivity contribution in [3.63, 3.8) is 0 Å². The van der Waals surface area contributed by atoms with E-state index in [1.54, 1.807) is 0 Å². The second-order valence-corrected chi connectivity index (χ2v) is 8.42. The molecular weight excluding hydrogens is 384 g/mol. The third-order valence-corrected chi connectivity index (χ3v) is 6.33. The van der Waals surface area contributed by atoms with Gasteiger partial charge < -0.3 is 20.9 Å². The first kappa shape index (κ1) is 22.6. The molecule has 31 heavy (non-hydrogen) atoms. The molecule has 0 radical (unpaired) electrons. The largest absolute Gasteiger partial charge is 0.404 e. The minimum atomic E-state index is 0.0881. The van der Waals surface area contributed by atoms with Gasteiger partial charge in [-0.3, -0.25) is 4.79 Å². The van der Waals surface area contributed by atoms with E-state index in [-0.39, 0.29) is 11.9 Å². The molecular formula is C26H34N4O. The lowest BCUT2D eigenvalue weighted by Crippen LogP contribution is -2.44. The number of carbonyl (C=O) groups is 1. The van der Waals surface area contributed by atoms with Crippen molar-refractivity contribution in [3.8, 4) is 0 Å². The van der Waals surface area contributed by atoms with E-state index in [2.05, 4.69) is 30.9 Å². The predicted molar refractivity (Wildman–Crippen MR) is 130 cm³/mol. The van der Waals surface area contributed by atoms with Crippen LogP contribution in [0, 0.1) is 11.3 Å². The summed E-state index contributed by atoms with van der Waals surface area (Å²) in [5, 5.41) is 7.53. The third-order valence-electron chi connectivity index (χ3n) is 6.33. The Morgan fingerprint density at radius 1 is 1.23 bits per heavy atom. The number of hydrogen-bond donors (Lipinski definition) is 2. The molecule has 0 saturated heterocycles. The third kappa shape index (κ3) is 4.98. The molecule has 2 atom stereocenters. The molecule has 3 N–H and O–H groups in total. The second kappa shape index (κ2) is 10.3. The van der Waals surface area contributed by atoms with Crippen LogP contribution >= 0.6 is 0 Å². The Kier molecular flexibility index (Phi) is 7.50. The zero-order chi connectivity index (χ0) is 22.4. The zero-order valence-electron chi connectivity index (χ0n) is 18.8. The van der Waals surface area contributed by atoms with Gasteiger partial charge in [0.1, 0.15) is 0 Å². The van der Waals surface area contributed by atoms with Gasteiger partial charge in [-0.15, -0.1) is 0 Å². The van der Waals surface area contributed by atoms with E-state index < -0.39 is 0 Å². The predicted octanol–water partition coefficient (Wildman–Crippen LogP) is 4.58. The monoisotopic (exact) mass is 418 g/mol. The summed E-state index contributed by atoms with van der Waals surface area (Å²) >= 11 is 0. The molecule has 164 valence electrons. The number of nitrogens with zero attached hydrogens (tertiary/aromatic N) is 2. The van der Waals surface area contributed by atoms with Crippen LogP contribution in [-0.2, 0) is 6.42 Å². The average molecular weight is 419 g/mol. The minimum Gasteiger partial charge on any atom is -0.404 e. The van der Waals surface area contributed by atoms with E-state index >= 15 is 0 Å². The van der Waals surface area contributed by atoms with E-state index in [1.807, 2.05) is 48.3 Å². The molecule has 2 aromatic carbocycles. The van der Waals surface area contributed by atoms with Crippen molar-refractivity contribution in [2.24, 2.45) is 11.7 Å². The van der Waals surface area contributed by atoms with E-state index in [0.717, 1.165) is 49.1 Å². The molecule has 3 rings (SSSR count). The van der Waals surface area contributed by atoms with Crippen molar-refractivity contribution in [2.45, 2.75) is 39.2 Å². The van der Waals surface area contributed by atoms with Crippen LogP contribution in [0.4, 0.5) is 5.69 Å². The van der Waals surface area contributed by atoms with E-state index in [4.69, 9.17) is 11.1 Å². The fourth-order valence-electron chi connectivity index (χ4n) is 4.63. The number of hydrogen-bond acceptors (Lipinski definition) is 4. The lowest BCUT2D eigenvalue weighted by atomic mass is 9.94. The molecule has 0 fully saturated rings. The van der Waals surface area contributed by atoms with Gasteiger partial charge in [-0.2, -0.15) is 0 Å². The zero-order valence-corrected chi connectivity index (χ0v) is 18.8. The molecule has 5 nitrogen and oxygen atoms in total. The molecule has 2 aromatic rings. The van der Waals surface area contributed by atoms with Crippen molar-refractivity contribution >= 4 is 23.4 Å². The minimum absolute atomic E-state index is 0.0881. The van der Waals surface area contributed by atoms with Gasteiger partial charge in [0.25, 0.3) is 5.91 Å². The number of carbonyl (C=O) groups excluding carboxylic acids is 1. The van der Waals surface area contributed by atoms with E-state index in [1.165, 1.54) is 23.7 Å². The Labute approximate surface area is 186 Å². The van der Waals surface area contributed by atoms with Gasteiger partial charge in [0, 0.05) is 55.4 Å². The highest BCUT2D eigenvalue weighted by molar-refractivity contribution is 6.08. The molecule has 1 amide bonds. The fraction of sp³-hybridized carbons (Fsp3) is 0.385. The Hall–Kier alpha value is -3.08. The lowest BCUT2D eigenvalue weighted by molar-refractivity contribution is 0.0671. The van der Waals surface area contributed by atoms with Crippen molar-refractivity contribution in [1.29, 1.82) is 5.41 Å². The summed E-state index contributed by atoms with van der Waals surface area (Å²) in [6.45, 7) is 6.32. The van der Waals surface area contributed by atoms with E-state index in [9.17, 15) is 4.79 Å². The molecule has 0 aromatic heterocycles. The normalized spacial score (nSPS) is 15.3. The highest BCUT2D eigenvalue weighted by Gasteiger charge is 2.29. The summed E-state index contributed by atoms with van der Waals surface area (Å²) in [7, 11) is 1.94. The van der Waals surface area contributed by atoms with Crippen molar-refractivity contribution in [3.05, 3.63) is 71.4 Å². The summed E-state index contributed by atoms with van der Waals surface area (Å²) in [6.07, 6.45) is 5.80. The molecule has 1 heterocycles. The quantitative estimate of drug-likeness (QED) is 0.586. The number of benzene rings is 2. The van der Waals surface area contributed by atoms with Crippen molar-refractivity contribution in [1.82, 2.24) is 4.90 Å². The average Bonchev–Trinajstić information content (AvgIpc) is 3.19. The van der Waals surface area contributed by atoms with Crippen LogP contribution in [-0.4, -0.2) is 43.2 Å². The number of nitrogens with two attached hydrogens (primary N) is 1. The number of rotatable bonds is 9. The molecule has 0 saturated carbocycles. The molecule has 0 aliphatic carbocycles. The lowest BCUT2D eigenvalue weighted by Gasteiger charge is -2.35. The van der Waals surface area contributed by atoms with Gasteiger partial charge in [-0.05, 0) is 54.2 Å². The molecule has 1 aliphatic rings. The highest BCUT2D eigenvalue weighted by atomic mass is 16.2. The Balaban J connectivity index is 1.74. The molecule has 1 aliphatic heterocycles. The van der Waals surface area contributed by atoms with Crippen LogP contribution in [0.5, 0.6) is 0 Å². The standard InChI is InChI=1S/C26H34N4O/c1-4-8-24(29(3)26(31)20-9-6-5-7-10-20)19(2)18-30-14-13-22-15-21(11-12-25(22)30)23(16-27)17-28/h5-7,9-12,15-17,19,24,27H,4,8,13-14,18,28H2,1-3H3/b23-17+,27-16?. The van der Waals surface area contributed by atoms with Crippen molar-refractivity contribution < 1.29 is 4.79 Å². The van der Waals surface area contributed by atoms with Gasteiger partial charge in [-0.1, -0.05) is 44.5 Å². The maximum Gasteiger partial charge on any atom is 0.253 e. The van der Waals surface area contributed by atoms with Gasteiger partial charge in [0.2, 0.25) is 0 Å². The van der Waals surface area contributed by atoms with Gasteiger partial charge in [0.15, 0.2) is 0 Å². The number of fused-ring (bicyclic) bond motifs is 1. The molecule has 0 bridgehead atoms. The van der Waals surface area contributed by atoms with Gasteiger partial charge in [-0.25, -0.2) is 0 Å². The smallest absolute Gasteiger partial charge is 0.253 e. The Morgan fingerprint density at radius 2 is 1.97 bits per heavy atom. The summed E-state index contributed by atoms with van der Waals surface area (Å²) in [6, 6.07) is 16.1. The summed E-state index contributed by atoms with van der Waals surface area (Å²) in [5.74, 6) is 0.425. The van der Waals surface area contributed by atoms with Gasteiger partial charge >= 0.3 is 0 Å². The van der Waals surface area contributed by atoms with Crippen molar-refractivity contribution in [2.75, 3.05) is 25.0 Å². The number of anilines is 1. The van der Waals surface area contributed by atoms with Crippen LogP contribution < -0.4 is 10.6 Å². The van der Waals surface area contributed by atoms with E-state index in [0.29, 0.717) is 5.92 Å². The summed E-state index contributed by atoms with van der Waals surface area (Å²) in [4.78, 5) is 17.4. The molecule has 2 unspecified atom stereocenters. The number of allylic oxidation sites excluding steroid dienone is 1. The van der Waals surface area contributed by atoms with Crippen LogP contribution in [0.15, 0.2) is 54.7 Å². The summed E-state index contributed by atoms with van der Waals surface area (Å²) in [5.41, 5.74) is 10.7. The summed E-state index contributed by atoms with van der Waals surface area (Å²) < 4.78 is 0. The van der Waals surface area contributed by atoms with Crippen LogP contribution in [0.2, 0.25) is 0 Å².